The van der Waals surface area contributed by atoms with Crippen LogP contribution in [0.1, 0.15) is 30.7 Å². The number of imide groups is 1. The number of urea groups is 1. The summed E-state index contributed by atoms with van der Waals surface area (Å²) in [6.07, 6.45) is 1.94. The van der Waals surface area contributed by atoms with Crippen LogP contribution in [0.15, 0.2) is 30.3 Å². The number of hydrogen-bond donors (Lipinski definition) is 1. The Labute approximate surface area is 128 Å². The normalized spacial score (nSPS) is 24.8. The van der Waals surface area contributed by atoms with Crippen molar-refractivity contribution in [2.45, 2.75) is 31.2 Å². The van der Waals surface area contributed by atoms with Crippen LogP contribution in [0.5, 0.6) is 0 Å². The molecule has 6 heteroatoms. The van der Waals surface area contributed by atoms with Gasteiger partial charge in [0.15, 0.2) is 0 Å². The van der Waals surface area contributed by atoms with Gasteiger partial charge in [-0.3, -0.25) is 14.5 Å². The smallest absolute Gasteiger partial charge is 0.327 e. The van der Waals surface area contributed by atoms with Crippen LogP contribution in [0.4, 0.5) is 4.79 Å². The number of piperidine rings is 1. The minimum Gasteiger partial charge on any atom is -0.368 e. The Morgan fingerprint density at radius 1 is 1.18 bits per heavy atom. The van der Waals surface area contributed by atoms with Crippen LogP contribution < -0.4 is 5.73 Å². The molecule has 22 heavy (non-hydrogen) atoms. The molecule has 2 fully saturated rings. The highest BCUT2D eigenvalue weighted by molar-refractivity contribution is 6.07. The highest BCUT2D eigenvalue weighted by atomic mass is 16.2. The first-order valence-corrected chi connectivity index (χ1v) is 7.53. The zero-order chi connectivity index (χ0) is 15.7. The maximum absolute atomic E-state index is 12.5. The number of amides is 4. The van der Waals surface area contributed by atoms with Crippen molar-refractivity contribution in [1.82, 2.24) is 9.80 Å². The van der Waals surface area contributed by atoms with Gasteiger partial charge in [-0.05, 0) is 18.4 Å². The number of benzene rings is 1. The number of hydrogen-bond acceptors (Lipinski definition) is 3. The van der Waals surface area contributed by atoms with Gasteiger partial charge in [-0.25, -0.2) is 4.79 Å². The van der Waals surface area contributed by atoms with E-state index >= 15 is 0 Å². The van der Waals surface area contributed by atoms with E-state index in [4.69, 9.17) is 5.73 Å². The Morgan fingerprint density at radius 3 is 2.55 bits per heavy atom. The van der Waals surface area contributed by atoms with Gasteiger partial charge >= 0.3 is 6.03 Å². The summed E-state index contributed by atoms with van der Waals surface area (Å²) in [7, 11) is 0. The lowest BCUT2D eigenvalue weighted by molar-refractivity contribution is -0.148. The maximum Gasteiger partial charge on any atom is 0.327 e. The maximum atomic E-state index is 12.5. The molecule has 2 aliphatic rings. The Morgan fingerprint density at radius 2 is 1.91 bits per heavy atom. The second-order valence-corrected chi connectivity index (χ2v) is 5.86. The number of primary amides is 1. The zero-order valence-electron chi connectivity index (χ0n) is 12.3. The number of carbonyl (C=O) groups excluding carboxylic acids is 3. The van der Waals surface area contributed by atoms with E-state index in [1.165, 1.54) is 5.56 Å². The minimum absolute atomic E-state index is 0.0387. The van der Waals surface area contributed by atoms with Crippen LogP contribution >= 0.6 is 0 Å². The van der Waals surface area contributed by atoms with E-state index in [2.05, 4.69) is 12.1 Å². The fraction of sp³-hybridized carbons (Fsp3) is 0.438. The van der Waals surface area contributed by atoms with Crippen LogP contribution in [0.2, 0.25) is 0 Å². The Kier molecular flexibility index (Phi) is 3.83. The van der Waals surface area contributed by atoms with Crippen molar-refractivity contribution < 1.29 is 14.4 Å². The third-order valence-corrected chi connectivity index (χ3v) is 4.45. The summed E-state index contributed by atoms with van der Waals surface area (Å²) in [5.41, 5.74) is 6.43. The van der Waals surface area contributed by atoms with Crippen molar-refractivity contribution in [2.24, 2.45) is 5.73 Å². The fourth-order valence-corrected chi connectivity index (χ4v) is 3.18. The number of likely N-dealkylation sites (tertiary alicyclic amines) is 2. The van der Waals surface area contributed by atoms with E-state index < -0.39 is 11.9 Å². The van der Waals surface area contributed by atoms with Crippen LogP contribution in [0.3, 0.4) is 0 Å². The van der Waals surface area contributed by atoms with Gasteiger partial charge in [0.25, 0.3) is 0 Å². The number of nitrogens with zero attached hydrogens (tertiary/aromatic N) is 2. The lowest BCUT2D eigenvalue weighted by atomic mass is 9.90. The number of rotatable bonds is 2. The summed E-state index contributed by atoms with van der Waals surface area (Å²) in [5, 5.41) is 0. The fourth-order valence-electron chi connectivity index (χ4n) is 3.18. The molecule has 2 aliphatic heterocycles. The van der Waals surface area contributed by atoms with E-state index in [0.29, 0.717) is 13.1 Å². The molecule has 0 aromatic heterocycles. The standard InChI is InChI=1S/C16H19N3O3/c17-15(21)13-9-14(20)19(13)16(22)18-8-4-7-12(10-18)11-5-2-1-3-6-11/h1-3,5-6,12-13H,4,7-10H2,(H2,17,21). The van der Waals surface area contributed by atoms with Crippen LogP contribution in [-0.2, 0) is 9.59 Å². The molecule has 2 heterocycles. The number of nitrogens with two attached hydrogens (primary N) is 1. The average molecular weight is 301 g/mol. The van der Waals surface area contributed by atoms with Crippen molar-refractivity contribution in [3.8, 4) is 0 Å². The second kappa shape index (κ2) is 5.79. The van der Waals surface area contributed by atoms with E-state index in [1.807, 2.05) is 18.2 Å². The van der Waals surface area contributed by atoms with Crippen molar-refractivity contribution in [3.63, 3.8) is 0 Å². The molecule has 0 aliphatic carbocycles. The third kappa shape index (κ3) is 2.56. The largest absolute Gasteiger partial charge is 0.368 e. The Hall–Kier alpha value is -2.37. The second-order valence-electron chi connectivity index (χ2n) is 5.86. The van der Waals surface area contributed by atoms with Gasteiger partial charge in [0.05, 0.1) is 6.42 Å². The van der Waals surface area contributed by atoms with E-state index in [-0.39, 0.29) is 24.3 Å². The molecule has 2 N–H and O–H groups in total. The predicted molar refractivity (Wildman–Crippen MR) is 79.8 cm³/mol. The van der Waals surface area contributed by atoms with Crippen LogP contribution in [-0.4, -0.2) is 46.8 Å². The topological polar surface area (TPSA) is 83.7 Å². The average Bonchev–Trinajstić information content (AvgIpc) is 2.53. The van der Waals surface area contributed by atoms with E-state index in [9.17, 15) is 14.4 Å². The highest BCUT2D eigenvalue weighted by Gasteiger charge is 2.46. The minimum atomic E-state index is -0.780. The van der Waals surface area contributed by atoms with Crippen molar-refractivity contribution in [1.29, 1.82) is 0 Å². The number of carbonyl (C=O) groups is 3. The molecule has 2 atom stereocenters. The SMILES string of the molecule is NC(=O)C1CC(=O)N1C(=O)N1CCCC(c2ccccc2)C1. The molecule has 3 rings (SSSR count). The monoisotopic (exact) mass is 301 g/mol. The molecular weight excluding hydrogens is 282 g/mol. The first kappa shape index (κ1) is 14.6. The highest BCUT2D eigenvalue weighted by Crippen LogP contribution is 2.29. The van der Waals surface area contributed by atoms with E-state index in [1.54, 1.807) is 4.90 Å². The van der Waals surface area contributed by atoms with Gasteiger partial charge in [-0.1, -0.05) is 30.3 Å². The zero-order valence-corrected chi connectivity index (χ0v) is 12.3. The summed E-state index contributed by atoms with van der Waals surface area (Å²) in [5.74, 6) is -0.678. The first-order chi connectivity index (χ1) is 10.6. The predicted octanol–water partition coefficient (Wildman–Crippen LogP) is 1.07. The summed E-state index contributed by atoms with van der Waals surface area (Å²) in [6, 6.07) is 8.87. The van der Waals surface area contributed by atoms with Crippen molar-refractivity contribution in [3.05, 3.63) is 35.9 Å². The Bertz CT molecular complexity index is 602. The third-order valence-electron chi connectivity index (χ3n) is 4.45. The molecule has 2 saturated heterocycles. The molecule has 0 radical (unpaired) electrons. The molecule has 0 saturated carbocycles. The van der Waals surface area contributed by atoms with E-state index in [0.717, 1.165) is 17.7 Å². The molecule has 1 aromatic carbocycles. The number of β-lactam (4-membered cyclic amide) rings is 1. The van der Waals surface area contributed by atoms with Gasteiger partial charge < -0.3 is 10.6 Å². The van der Waals surface area contributed by atoms with Gasteiger partial charge in [-0.15, -0.1) is 0 Å². The van der Waals surface area contributed by atoms with Crippen LogP contribution in [0, 0.1) is 0 Å². The van der Waals surface area contributed by atoms with Gasteiger partial charge in [0.2, 0.25) is 11.8 Å². The summed E-state index contributed by atoms with van der Waals surface area (Å²) >= 11 is 0. The van der Waals surface area contributed by atoms with Crippen molar-refractivity contribution in [2.75, 3.05) is 13.1 Å². The summed E-state index contributed by atoms with van der Waals surface area (Å²) in [6.45, 7) is 1.18. The quantitative estimate of drug-likeness (QED) is 0.829. The van der Waals surface area contributed by atoms with Crippen molar-refractivity contribution >= 4 is 17.8 Å². The molecule has 0 spiro atoms. The molecule has 1 aromatic rings. The van der Waals surface area contributed by atoms with Gasteiger partial charge in [0, 0.05) is 19.0 Å². The van der Waals surface area contributed by atoms with Gasteiger partial charge in [0.1, 0.15) is 6.04 Å². The lowest BCUT2D eigenvalue weighted by Crippen LogP contribution is -2.64. The molecular formula is C16H19N3O3. The molecule has 6 nitrogen and oxygen atoms in total. The summed E-state index contributed by atoms with van der Waals surface area (Å²) in [4.78, 5) is 38.1. The van der Waals surface area contributed by atoms with Crippen LogP contribution in [0.25, 0.3) is 0 Å². The molecule has 4 amide bonds. The van der Waals surface area contributed by atoms with Gasteiger partial charge in [-0.2, -0.15) is 0 Å². The first-order valence-electron chi connectivity index (χ1n) is 7.53. The summed E-state index contributed by atoms with van der Waals surface area (Å²) < 4.78 is 0. The molecule has 0 bridgehead atoms. The lowest BCUT2D eigenvalue weighted by Gasteiger charge is -2.42. The molecule has 2 unspecified atom stereocenters. The molecule has 116 valence electrons. The Balaban J connectivity index is 1.71.